The molecule has 0 bridgehead atoms. The minimum atomic E-state index is -0.842. The molecule has 0 atom stereocenters. The monoisotopic (exact) mass is 509 g/mol. The molecule has 1 heterocycles. The molecule has 8 heteroatoms. The summed E-state index contributed by atoms with van der Waals surface area (Å²) in [5.41, 5.74) is 2.29. The van der Waals surface area contributed by atoms with Crippen LogP contribution in [0, 0.1) is 24.5 Å². The van der Waals surface area contributed by atoms with Gasteiger partial charge in [0.25, 0.3) is 5.91 Å². The van der Waals surface area contributed by atoms with E-state index in [0.717, 1.165) is 12.1 Å². The molecule has 36 heavy (non-hydrogen) atoms. The highest BCUT2D eigenvalue weighted by atomic mass is 35.5. The van der Waals surface area contributed by atoms with Gasteiger partial charge in [-0.05, 0) is 49.2 Å². The maximum atomic E-state index is 14.6. The first-order chi connectivity index (χ1) is 17.2. The lowest BCUT2D eigenvalue weighted by atomic mass is 10.1. The van der Waals surface area contributed by atoms with Gasteiger partial charge in [-0.15, -0.1) is 0 Å². The summed E-state index contributed by atoms with van der Waals surface area (Å²) in [7, 11) is 0. The van der Waals surface area contributed by atoms with Crippen LogP contribution in [-0.4, -0.2) is 27.1 Å². The van der Waals surface area contributed by atoms with Gasteiger partial charge in [0.05, 0.1) is 34.1 Å². The first kappa shape index (κ1) is 25.4. The number of amides is 1. The van der Waals surface area contributed by atoms with E-state index in [1.807, 2.05) is 44.2 Å². The van der Waals surface area contributed by atoms with Crippen LogP contribution in [-0.2, 0) is 6.54 Å². The lowest BCUT2D eigenvalue weighted by Crippen LogP contribution is -2.34. The number of nitrogens with zero attached hydrogens (tertiary/aromatic N) is 3. The molecule has 1 aromatic heterocycles. The van der Waals surface area contributed by atoms with Gasteiger partial charge in [0.2, 0.25) is 5.88 Å². The standard InChI is InChI=1S/C28H26ClF2N3O2/c1-18(2)16-33(27(35)22-11-7-8-12-24(22)29)17-23-19(3)32-34(21-9-5-4-6-10-21)28(23)36-26-14-13-20(30)15-25(26)31/h4-15,18H,16-17H2,1-3H3. The van der Waals surface area contributed by atoms with Gasteiger partial charge in [0.1, 0.15) is 5.82 Å². The maximum Gasteiger partial charge on any atom is 0.255 e. The Morgan fingerprint density at radius 2 is 1.75 bits per heavy atom. The van der Waals surface area contributed by atoms with Crippen molar-refractivity contribution in [3.8, 4) is 17.3 Å². The highest BCUT2D eigenvalue weighted by molar-refractivity contribution is 6.33. The van der Waals surface area contributed by atoms with Crippen molar-refractivity contribution in [2.24, 2.45) is 5.92 Å². The number of para-hydroxylation sites is 1. The second-order valence-corrected chi connectivity index (χ2v) is 9.26. The van der Waals surface area contributed by atoms with Gasteiger partial charge in [0.15, 0.2) is 11.6 Å². The van der Waals surface area contributed by atoms with Crippen LogP contribution in [0.1, 0.15) is 35.5 Å². The van der Waals surface area contributed by atoms with Crippen molar-refractivity contribution in [1.29, 1.82) is 0 Å². The third-order valence-electron chi connectivity index (χ3n) is 5.56. The predicted molar refractivity (Wildman–Crippen MR) is 136 cm³/mol. The van der Waals surface area contributed by atoms with Crippen molar-refractivity contribution in [3.05, 3.63) is 106 Å². The van der Waals surface area contributed by atoms with Crippen LogP contribution in [0.25, 0.3) is 5.69 Å². The molecule has 0 N–H and O–H groups in total. The molecular weight excluding hydrogens is 484 g/mol. The van der Waals surface area contributed by atoms with E-state index in [9.17, 15) is 13.6 Å². The second-order valence-electron chi connectivity index (χ2n) is 8.85. The number of aromatic nitrogens is 2. The van der Waals surface area contributed by atoms with Gasteiger partial charge in [-0.1, -0.05) is 55.8 Å². The number of halogens is 3. The van der Waals surface area contributed by atoms with Gasteiger partial charge in [0, 0.05) is 12.6 Å². The number of hydrogen-bond donors (Lipinski definition) is 0. The summed E-state index contributed by atoms with van der Waals surface area (Å²) in [5, 5.41) is 5.00. The highest BCUT2D eigenvalue weighted by Gasteiger charge is 2.26. The van der Waals surface area contributed by atoms with Crippen LogP contribution in [0.3, 0.4) is 0 Å². The average molecular weight is 510 g/mol. The maximum absolute atomic E-state index is 14.6. The molecule has 0 spiro atoms. The van der Waals surface area contributed by atoms with Crippen LogP contribution >= 0.6 is 11.6 Å². The largest absolute Gasteiger partial charge is 0.435 e. The van der Waals surface area contributed by atoms with Crippen LogP contribution in [0.2, 0.25) is 5.02 Å². The number of benzene rings is 3. The topological polar surface area (TPSA) is 47.4 Å². The molecule has 186 valence electrons. The zero-order valence-corrected chi connectivity index (χ0v) is 21.0. The molecule has 0 radical (unpaired) electrons. The summed E-state index contributed by atoms with van der Waals surface area (Å²) in [4.78, 5) is 15.2. The second kappa shape index (κ2) is 10.9. The highest BCUT2D eigenvalue weighted by Crippen LogP contribution is 2.33. The van der Waals surface area contributed by atoms with Crippen LogP contribution in [0.5, 0.6) is 11.6 Å². The number of ether oxygens (including phenoxy) is 1. The van der Waals surface area contributed by atoms with Gasteiger partial charge < -0.3 is 9.64 Å². The first-order valence-electron chi connectivity index (χ1n) is 11.5. The van der Waals surface area contributed by atoms with Crippen molar-refractivity contribution in [2.75, 3.05) is 6.54 Å². The van der Waals surface area contributed by atoms with Crippen molar-refractivity contribution in [2.45, 2.75) is 27.3 Å². The van der Waals surface area contributed by atoms with E-state index in [4.69, 9.17) is 16.3 Å². The fourth-order valence-electron chi connectivity index (χ4n) is 3.89. The van der Waals surface area contributed by atoms with E-state index in [1.54, 1.807) is 40.8 Å². The van der Waals surface area contributed by atoms with Gasteiger partial charge in [-0.3, -0.25) is 4.79 Å². The summed E-state index contributed by atoms with van der Waals surface area (Å²) in [5.74, 6) is -1.53. The Morgan fingerprint density at radius 3 is 2.42 bits per heavy atom. The molecule has 5 nitrogen and oxygen atoms in total. The molecular formula is C28H26ClF2N3O2. The fraction of sp³-hybridized carbons (Fsp3) is 0.214. The smallest absolute Gasteiger partial charge is 0.255 e. The quantitative estimate of drug-likeness (QED) is 0.252. The van der Waals surface area contributed by atoms with Gasteiger partial charge in [-0.25, -0.2) is 13.5 Å². The van der Waals surface area contributed by atoms with Crippen LogP contribution < -0.4 is 4.74 Å². The minimum Gasteiger partial charge on any atom is -0.435 e. The van der Waals surface area contributed by atoms with Crippen LogP contribution in [0.4, 0.5) is 8.78 Å². The zero-order chi connectivity index (χ0) is 25.8. The van der Waals surface area contributed by atoms with Crippen molar-refractivity contribution < 1.29 is 18.3 Å². The van der Waals surface area contributed by atoms with E-state index in [0.29, 0.717) is 34.1 Å². The van der Waals surface area contributed by atoms with E-state index in [1.165, 1.54) is 6.07 Å². The van der Waals surface area contributed by atoms with E-state index >= 15 is 0 Å². The molecule has 0 aliphatic carbocycles. The fourth-order valence-corrected chi connectivity index (χ4v) is 4.10. The lowest BCUT2D eigenvalue weighted by Gasteiger charge is -2.25. The van der Waals surface area contributed by atoms with Gasteiger partial charge in [-0.2, -0.15) is 5.10 Å². The molecule has 3 aromatic carbocycles. The number of rotatable bonds is 8. The number of carbonyl (C=O) groups excluding carboxylic acids is 1. The Hall–Kier alpha value is -3.71. The zero-order valence-electron chi connectivity index (χ0n) is 20.2. The van der Waals surface area contributed by atoms with Crippen molar-refractivity contribution >= 4 is 17.5 Å². The van der Waals surface area contributed by atoms with E-state index in [2.05, 4.69) is 5.10 Å². The lowest BCUT2D eigenvalue weighted by molar-refractivity contribution is 0.0721. The summed E-state index contributed by atoms with van der Waals surface area (Å²) in [6, 6.07) is 19.2. The minimum absolute atomic E-state index is 0.150. The molecule has 0 aliphatic heterocycles. The summed E-state index contributed by atoms with van der Waals surface area (Å²) in [6.07, 6.45) is 0. The summed E-state index contributed by atoms with van der Waals surface area (Å²) in [6.45, 7) is 6.43. The number of aryl methyl sites for hydroxylation is 1. The molecule has 4 aromatic rings. The Balaban J connectivity index is 1.80. The molecule has 0 saturated heterocycles. The van der Waals surface area contributed by atoms with E-state index in [-0.39, 0.29) is 30.0 Å². The molecule has 1 amide bonds. The Labute approximate surface area is 213 Å². The molecule has 0 fully saturated rings. The predicted octanol–water partition coefficient (Wildman–Crippen LogP) is 7.20. The summed E-state index contributed by atoms with van der Waals surface area (Å²) >= 11 is 6.33. The van der Waals surface area contributed by atoms with Crippen LogP contribution in [0.15, 0.2) is 72.8 Å². The van der Waals surface area contributed by atoms with Crippen molar-refractivity contribution in [3.63, 3.8) is 0 Å². The molecule has 0 unspecified atom stereocenters. The first-order valence-corrected chi connectivity index (χ1v) is 11.9. The Kier molecular flexibility index (Phi) is 7.70. The average Bonchev–Trinajstić information content (AvgIpc) is 3.15. The van der Waals surface area contributed by atoms with Crippen molar-refractivity contribution in [1.82, 2.24) is 14.7 Å². The molecule has 0 aliphatic rings. The molecule has 4 rings (SSSR count). The number of hydrogen-bond acceptors (Lipinski definition) is 3. The third-order valence-corrected chi connectivity index (χ3v) is 5.89. The van der Waals surface area contributed by atoms with Gasteiger partial charge >= 0.3 is 0 Å². The Bertz CT molecular complexity index is 1370. The van der Waals surface area contributed by atoms with E-state index < -0.39 is 11.6 Å². The normalized spacial score (nSPS) is 11.1. The molecule has 0 saturated carbocycles. The SMILES string of the molecule is Cc1nn(-c2ccccc2)c(Oc2ccc(F)cc2F)c1CN(CC(C)C)C(=O)c1ccccc1Cl. The number of carbonyl (C=O) groups is 1. The Morgan fingerprint density at radius 1 is 1.06 bits per heavy atom. The summed E-state index contributed by atoms with van der Waals surface area (Å²) < 4.78 is 35.7. The third kappa shape index (κ3) is 5.57.